The van der Waals surface area contributed by atoms with Gasteiger partial charge in [0.15, 0.2) is 12.4 Å². The van der Waals surface area contributed by atoms with Crippen molar-refractivity contribution in [2.24, 2.45) is 16.1 Å². The van der Waals surface area contributed by atoms with Gasteiger partial charge in [0.1, 0.15) is 12.3 Å². The van der Waals surface area contributed by atoms with Crippen molar-refractivity contribution in [2.75, 3.05) is 6.61 Å². The molecule has 0 aliphatic heterocycles. The van der Waals surface area contributed by atoms with E-state index in [2.05, 4.69) is 21.4 Å². The highest BCUT2D eigenvalue weighted by Gasteiger charge is 2.09. The van der Waals surface area contributed by atoms with Crippen molar-refractivity contribution in [1.82, 2.24) is 0 Å². The van der Waals surface area contributed by atoms with Gasteiger partial charge in [0.05, 0.1) is 23.9 Å². The van der Waals surface area contributed by atoms with E-state index in [0.29, 0.717) is 23.6 Å². The summed E-state index contributed by atoms with van der Waals surface area (Å²) < 4.78 is 12.4. The van der Waals surface area contributed by atoms with Crippen LogP contribution in [0.15, 0.2) is 71.2 Å². The van der Waals surface area contributed by atoms with E-state index in [9.17, 15) is 9.59 Å². The Labute approximate surface area is 199 Å². The number of esters is 2. The molecular formula is C24H30BrN3O4. The zero-order valence-corrected chi connectivity index (χ0v) is 20.4. The second kappa shape index (κ2) is 14.2. The van der Waals surface area contributed by atoms with Crippen LogP contribution < -0.4 is 26.3 Å². The molecule has 2 rings (SSSR count). The van der Waals surface area contributed by atoms with Gasteiger partial charge in [-0.15, -0.1) is 0 Å². The minimum absolute atomic E-state index is 0. The van der Waals surface area contributed by atoms with E-state index < -0.39 is 0 Å². The zero-order chi connectivity index (χ0) is 22.6. The van der Waals surface area contributed by atoms with Crippen molar-refractivity contribution in [3.05, 3.63) is 60.9 Å². The van der Waals surface area contributed by atoms with Crippen molar-refractivity contribution in [1.29, 1.82) is 0 Å². The number of halogens is 1. The molecule has 0 aliphatic rings. The maximum Gasteiger partial charge on any atom is 0.333 e. The quantitative estimate of drug-likeness (QED) is 0.117. The van der Waals surface area contributed by atoms with E-state index >= 15 is 0 Å². The molecule has 0 unspecified atom stereocenters. The molecule has 1 aromatic carbocycles. The molecule has 8 heteroatoms. The van der Waals surface area contributed by atoms with E-state index in [4.69, 9.17) is 9.47 Å². The molecule has 0 N–H and O–H groups in total. The van der Waals surface area contributed by atoms with Crippen LogP contribution in [0.25, 0.3) is 0 Å². The maximum atomic E-state index is 11.6. The van der Waals surface area contributed by atoms with Crippen LogP contribution in [0.2, 0.25) is 0 Å². The number of nitrogens with zero attached hydrogens (tertiary/aromatic N) is 3. The number of hydrogen-bond donors (Lipinski definition) is 0. The predicted molar refractivity (Wildman–Crippen MR) is 117 cm³/mol. The number of pyridine rings is 1. The van der Waals surface area contributed by atoms with Gasteiger partial charge in [-0.1, -0.05) is 20.4 Å². The third kappa shape index (κ3) is 9.96. The lowest BCUT2D eigenvalue weighted by Crippen LogP contribution is -3.00. The average molecular weight is 504 g/mol. The van der Waals surface area contributed by atoms with Crippen molar-refractivity contribution in [3.8, 4) is 5.75 Å². The predicted octanol–water partition coefficient (Wildman–Crippen LogP) is 2.24. The highest BCUT2D eigenvalue weighted by atomic mass is 79.9. The van der Waals surface area contributed by atoms with Crippen LogP contribution in [0.3, 0.4) is 0 Å². The second-order valence-electron chi connectivity index (χ2n) is 7.54. The van der Waals surface area contributed by atoms with Gasteiger partial charge in [-0.2, -0.15) is 10.2 Å². The Kier molecular flexibility index (Phi) is 12.1. The van der Waals surface area contributed by atoms with Gasteiger partial charge in [-0.05, 0) is 44.0 Å². The van der Waals surface area contributed by atoms with Crippen LogP contribution >= 0.6 is 0 Å². The fraction of sp³-hybridized carbons (Fsp3) is 0.375. The van der Waals surface area contributed by atoms with Crippen LogP contribution in [0.4, 0.5) is 11.4 Å². The second-order valence-corrected chi connectivity index (χ2v) is 7.54. The maximum absolute atomic E-state index is 11.6. The van der Waals surface area contributed by atoms with Crippen LogP contribution in [0.1, 0.15) is 40.0 Å². The van der Waals surface area contributed by atoms with Gasteiger partial charge in [-0.25, -0.2) is 9.36 Å². The monoisotopic (exact) mass is 503 g/mol. The third-order valence-corrected chi connectivity index (χ3v) is 4.32. The smallest absolute Gasteiger partial charge is 0.333 e. The van der Waals surface area contributed by atoms with Gasteiger partial charge >= 0.3 is 11.9 Å². The molecule has 0 aliphatic carbocycles. The SMILES string of the molecule is C=C(C)C(=O)OCCCCC[n+]1ccc(N=Nc2ccc(OC(=O)C(C)C)cc2)cc1.[Br-]. The van der Waals surface area contributed by atoms with Crippen LogP contribution in [-0.2, 0) is 20.9 Å². The lowest BCUT2D eigenvalue weighted by atomic mass is 10.2. The number of aryl methyl sites for hydroxylation is 1. The molecule has 2 aromatic rings. The summed E-state index contributed by atoms with van der Waals surface area (Å²) in [4.78, 5) is 22.9. The zero-order valence-electron chi connectivity index (χ0n) is 18.8. The molecular weight excluding hydrogens is 474 g/mol. The number of benzene rings is 1. The molecule has 0 bridgehead atoms. The number of rotatable bonds is 11. The van der Waals surface area contributed by atoms with Crippen molar-refractivity contribution >= 4 is 23.3 Å². The number of carbonyl (C=O) groups excluding carboxylic acids is 2. The average Bonchev–Trinajstić information content (AvgIpc) is 2.76. The molecule has 0 atom stereocenters. The van der Waals surface area contributed by atoms with Gasteiger partial charge in [-0.3, -0.25) is 4.79 Å². The highest BCUT2D eigenvalue weighted by molar-refractivity contribution is 5.86. The summed E-state index contributed by atoms with van der Waals surface area (Å²) in [6.45, 7) is 10.1. The summed E-state index contributed by atoms with van der Waals surface area (Å²) in [5.74, 6) is -0.276. The van der Waals surface area contributed by atoms with E-state index in [0.717, 1.165) is 31.5 Å². The molecule has 0 fully saturated rings. The molecule has 0 saturated carbocycles. The molecule has 0 amide bonds. The number of azo groups is 1. The van der Waals surface area contributed by atoms with Crippen molar-refractivity contribution < 1.29 is 40.6 Å². The Morgan fingerprint density at radius 2 is 1.56 bits per heavy atom. The normalized spacial score (nSPS) is 10.6. The molecule has 0 saturated heterocycles. The molecule has 0 radical (unpaired) electrons. The Bertz CT molecular complexity index is 910. The van der Waals surface area contributed by atoms with Gasteiger partial charge in [0.2, 0.25) is 0 Å². The van der Waals surface area contributed by atoms with E-state index in [1.807, 2.05) is 24.5 Å². The molecule has 0 spiro atoms. The Morgan fingerprint density at radius 3 is 2.12 bits per heavy atom. The molecule has 1 aromatic heterocycles. The molecule has 7 nitrogen and oxygen atoms in total. The fourth-order valence-electron chi connectivity index (χ4n) is 2.46. The number of aromatic nitrogens is 1. The van der Waals surface area contributed by atoms with Crippen LogP contribution in [0, 0.1) is 5.92 Å². The lowest BCUT2D eigenvalue weighted by molar-refractivity contribution is -0.697. The van der Waals surface area contributed by atoms with E-state index in [1.165, 1.54) is 0 Å². The minimum atomic E-state index is -0.329. The minimum Gasteiger partial charge on any atom is -1.00 e. The number of hydrogen-bond acceptors (Lipinski definition) is 6. The fourth-order valence-corrected chi connectivity index (χ4v) is 2.46. The highest BCUT2D eigenvalue weighted by Crippen LogP contribution is 2.21. The first kappa shape index (κ1) is 27.2. The Morgan fingerprint density at radius 1 is 0.969 bits per heavy atom. The number of ether oxygens (including phenoxy) is 2. The summed E-state index contributed by atoms with van der Waals surface area (Å²) in [7, 11) is 0. The first-order valence-electron chi connectivity index (χ1n) is 10.4. The van der Waals surface area contributed by atoms with Crippen LogP contribution in [0.5, 0.6) is 5.75 Å². The van der Waals surface area contributed by atoms with Crippen molar-refractivity contribution in [3.63, 3.8) is 0 Å². The number of unbranched alkanes of at least 4 members (excludes halogenated alkanes) is 2. The summed E-state index contributed by atoms with van der Waals surface area (Å²) in [5, 5.41) is 8.45. The standard InChI is InChI=1S/C24H30N3O4.BrH/c1-18(2)23(28)30-17-7-5-6-14-27-15-12-21(13-16-27)26-25-20-8-10-22(11-9-20)31-24(29)19(3)4;/h8-13,15-16,19H,1,5-7,14,17H2,2-4H3;1H/q+1;/p-1. The van der Waals surface area contributed by atoms with E-state index in [1.54, 1.807) is 45.0 Å². The summed E-state index contributed by atoms with van der Waals surface area (Å²) in [5.41, 5.74) is 1.85. The lowest BCUT2D eigenvalue weighted by Gasteiger charge is -2.06. The van der Waals surface area contributed by atoms with Crippen LogP contribution in [-0.4, -0.2) is 18.5 Å². The summed E-state index contributed by atoms with van der Waals surface area (Å²) in [6, 6.07) is 10.7. The number of carbonyl (C=O) groups is 2. The van der Waals surface area contributed by atoms with Crippen molar-refractivity contribution in [2.45, 2.75) is 46.6 Å². The summed E-state index contributed by atoms with van der Waals surface area (Å²) in [6.07, 6.45) is 6.72. The molecule has 1 heterocycles. The summed E-state index contributed by atoms with van der Waals surface area (Å²) >= 11 is 0. The van der Waals surface area contributed by atoms with Gasteiger partial charge in [0.25, 0.3) is 0 Å². The largest absolute Gasteiger partial charge is 1.00 e. The van der Waals surface area contributed by atoms with E-state index in [-0.39, 0.29) is 34.8 Å². The Balaban J connectivity index is 0.00000512. The first-order chi connectivity index (χ1) is 14.8. The first-order valence-corrected chi connectivity index (χ1v) is 10.4. The molecule has 32 heavy (non-hydrogen) atoms. The Hall–Kier alpha value is -2.87. The van der Waals surface area contributed by atoms with Gasteiger partial charge in [0, 0.05) is 24.1 Å². The molecule has 172 valence electrons. The topological polar surface area (TPSA) is 81.2 Å². The van der Waals surface area contributed by atoms with Gasteiger partial charge < -0.3 is 26.5 Å². The third-order valence-electron chi connectivity index (χ3n) is 4.32.